The molecule has 0 spiro atoms. The zero-order valence-corrected chi connectivity index (χ0v) is 11.3. The molecule has 1 aromatic heterocycles. The molecule has 0 saturated carbocycles. The third kappa shape index (κ3) is 2.79. The number of fused-ring (bicyclic) bond motifs is 1. The van der Waals surface area contributed by atoms with Crippen molar-refractivity contribution in [1.29, 1.82) is 0 Å². The summed E-state index contributed by atoms with van der Waals surface area (Å²) in [6.45, 7) is 2.87. The molecule has 0 radical (unpaired) electrons. The maximum atomic E-state index is 13.1. The van der Waals surface area contributed by atoms with Gasteiger partial charge >= 0.3 is 0 Å². The normalized spacial score (nSPS) is 10.9. The van der Waals surface area contributed by atoms with Gasteiger partial charge in [-0.2, -0.15) is 0 Å². The van der Waals surface area contributed by atoms with Gasteiger partial charge in [-0.15, -0.1) is 0 Å². The zero-order chi connectivity index (χ0) is 13.9. The van der Waals surface area contributed by atoms with Crippen LogP contribution in [0, 0.1) is 12.7 Å². The van der Waals surface area contributed by atoms with Gasteiger partial charge in [0.1, 0.15) is 5.82 Å². The van der Waals surface area contributed by atoms with Gasteiger partial charge in [0.2, 0.25) is 5.95 Å². The van der Waals surface area contributed by atoms with Crippen LogP contribution < -0.4 is 5.32 Å². The molecular weight excluding hydrogens is 253 g/mol. The summed E-state index contributed by atoms with van der Waals surface area (Å²) >= 11 is 0. The summed E-state index contributed by atoms with van der Waals surface area (Å²) in [4.78, 5) is 7.44. The van der Waals surface area contributed by atoms with Gasteiger partial charge in [-0.3, -0.25) is 0 Å². The van der Waals surface area contributed by atoms with Crippen molar-refractivity contribution in [3.63, 3.8) is 0 Å². The van der Waals surface area contributed by atoms with Crippen molar-refractivity contribution in [2.75, 3.05) is 11.9 Å². The highest BCUT2D eigenvalue weighted by Gasteiger charge is 2.03. The fraction of sp³-hybridized carbons (Fsp3) is 0.188. The van der Waals surface area contributed by atoms with Crippen LogP contribution in [-0.4, -0.2) is 16.5 Å². The van der Waals surface area contributed by atoms with Crippen molar-refractivity contribution in [2.45, 2.75) is 13.3 Å². The Bertz CT molecular complexity index is 733. The summed E-state index contributed by atoms with van der Waals surface area (Å²) in [5, 5.41) is 3.23. The second-order valence-corrected chi connectivity index (χ2v) is 4.91. The SMILES string of the molecule is Cc1cccc(CCNc2nc3ccc(F)cc3[nH]2)c1. The van der Waals surface area contributed by atoms with E-state index < -0.39 is 0 Å². The lowest BCUT2D eigenvalue weighted by Crippen LogP contribution is -2.06. The second-order valence-electron chi connectivity index (χ2n) is 4.91. The molecule has 2 N–H and O–H groups in total. The predicted molar refractivity (Wildman–Crippen MR) is 79.4 cm³/mol. The third-order valence-electron chi connectivity index (χ3n) is 3.23. The monoisotopic (exact) mass is 269 g/mol. The van der Waals surface area contributed by atoms with E-state index in [1.165, 1.54) is 23.3 Å². The Labute approximate surface area is 116 Å². The van der Waals surface area contributed by atoms with Crippen LogP contribution in [0.2, 0.25) is 0 Å². The lowest BCUT2D eigenvalue weighted by molar-refractivity contribution is 0.629. The average molecular weight is 269 g/mol. The number of hydrogen-bond acceptors (Lipinski definition) is 2. The lowest BCUT2D eigenvalue weighted by Gasteiger charge is -2.04. The van der Waals surface area contributed by atoms with Gasteiger partial charge in [0, 0.05) is 6.54 Å². The molecule has 1 heterocycles. The van der Waals surface area contributed by atoms with Crippen LogP contribution in [0.5, 0.6) is 0 Å². The first-order valence-electron chi connectivity index (χ1n) is 6.65. The van der Waals surface area contributed by atoms with Crippen LogP contribution >= 0.6 is 0 Å². The molecule has 0 aliphatic heterocycles. The van der Waals surface area contributed by atoms with Crippen LogP contribution in [0.1, 0.15) is 11.1 Å². The second kappa shape index (κ2) is 5.33. The maximum Gasteiger partial charge on any atom is 0.201 e. The van der Waals surface area contributed by atoms with Gasteiger partial charge in [-0.1, -0.05) is 29.8 Å². The van der Waals surface area contributed by atoms with Gasteiger partial charge in [0.25, 0.3) is 0 Å². The van der Waals surface area contributed by atoms with Crippen LogP contribution in [0.25, 0.3) is 11.0 Å². The third-order valence-corrected chi connectivity index (χ3v) is 3.23. The Morgan fingerprint density at radius 3 is 2.95 bits per heavy atom. The summed E-state index contributed by atoms with van der Waals surface area (Å²) < 4.78 is 13.1. The van der Waals surface area contributed by atoms with Crippen LogP contribution in [0.4, 0.5) is 10.3 Å². The number of H-pyrrole nitrogens is 1. The Kier molecular flexibility index (Phi) is 3.37. The minimum Gasteiger partial charge on any atom is -0.355 e. The molecule has 0 aliphatic rings. The van der Waals surface area contributed by atoms with Crippen molar-refractivity contribution < 1.29 is 4.39 Å². The molecule has 3 rings (SSSR count). The Balaban J connectivity index is 1.65. The van der Waals surface area contributed by atoms with E-state index in [-0.39, 0.29) is 5.82 Å². The number of nitrogens with zero attached hydrogens (tertiary/aromatic N) is 1. The number of hydrogen-bond donors (Lipinski definition) is 2. The molecule has 2 aromatic carbocycles. The van der Waals surface area contributed by atoms with E-state index in [4.69, 9.17) is 0 Å². The van der Waals surface area contributed by atoms with Crippen molar-refractivity contribution in [3.8, 4) is 0 Å². The number of benzene rings is 2. The number of nitrogens with one attached hydrogen (secondary N) is 2. The molecule has 3 aromatic rings. The van der Waals surface area contributed by atoms with E-state index in [1.807, 2.05) is 0 Å². The van der Waals surface area contributed by atoms with Crippen LogP contribution in [-0.2, 0) is 6.42 Å². The van der Waals surface area contributed by atoms with Gasteiger partial charge in [-0.05, 0) is 37.1 Å². The Hall–Kier alpha value is -2.36. The van der Waals surface area contributed by atoms with Crippen LogP contribution in [0.15, 0.2) is 42.5 Å². The number of imidazole rings is 1. The standard InChI is InChI=1S/C16H16FN3/c1-11-3-2-4-12(9-11)7-8-18-16-19-14-6-5-13(17)10-15(14)20-16/h2-6,9-10H,7-8H2,1H3,(H2,18,19,20). The summed E-state index contributed by atoms with van der Waals surface area (Å²) in [5.74, 6) is 0.422. The molecule has 4 heteroatoms. The molecule has 3 nitrogen and oxygen atoms in total. The van der Waals surface area contributed by atoms with E-state index in [0.29, 0.717) is 11.5 Å². The fourth-order valence-corrected chi connectivity index (χ4v) is 2.26. The van der Waals surface area contributed by atoms with Gasteiger partial charge in [-0.25, -0.2) is 9.37 Å². The highest BCUT2D eigenvalue weighted by Crippen LogP contribution is 2.15. The van der Waals surface area contributed by atoms with E-state index in [1.54, 1.807) is 6.07 Å². The molecule has 0 bridgehead atoms. The molecule has 0 saturated heterocycles. The first kappa shape index (κ1) is 12.7. The van der Waals surface area contributed by atoms with E-state index in [2.05, 4.69) is 46.5 Å². The predicted octanol–water partition coefficient (Wildman–Crippen LogP) is 3.67. The zero-order valence-electron chi connectivity index (χ0n) is 11.3. The number of aromatic amines is 1. The highest BCUT2D eigenvalue weighted by molar-refractivity contribution is 5.77. The van der Waals surface area contributed by atoms with E-state index in [0.717, 1.165) is 18.5 Å². The molecule has 0 atom stereocenters. The Morgan fingerprint density at radius 1 is 1.20 bits per heavy atom. The molecule has 0 amide bonds. The van der Waals surface area contributed by atoms with Gasteiger partial charge in [0.05, 0.1) is 11.0 Å². The molecular formula is C16H16FN3. The van der Waals surface area contributed by atoms with Crippen molar-refractivity contribution in [1.82, 2.24) is 9.97 Å². The topological polar surface area (TPSA) is 40.7 Å². The largest absolute Gasteiger partial charge is 0.355 e. The van der Waals surface area contributed by atoms with Crippen molar-refractivity contribution in [2.24, 2.45) is 0 Å². The molecule has 0 unspecified atom stereocenters. The van der Waals surface area contributed by atoms with Gasteiger partial charge in [0.15, 0.2) is 0 Å². The molecule has 0 aliphatic carbocycles. The summed E-state index contributed by atoms with van der Waals surface area (Å²) in [5.41, 5.74) is 4.04. The number of halogens is 1. The summed E-state index contributed by atoms with van der Waals surface area (Å²) in [6.07, 6.45) is 0.924. The van der Waals surface area contributed by atoms with Crippen molar-refractivity contribution >= 4 is 17.0 Å². The van der Waals surface area contributed by atoms with Crippen molar-refractivity contribution in [3.05, 3.63) is 59.4 Å². The first-order chi connectivity index (χ1) is 9.70. The Morgan fingerprint density at radius 2 is 2.10 bits per heavy atom. The van der Waals surface area contributed by atoms with E-state index >= 15 is 0 Å². The lowest BCUT2D eigenvalue weighted by atomic mass is 10.1. The maximum absolute atomic E-state index is 13.1. The minimum absolute atomic E-state index is 0.257. The smallest absolute Gasteiger partial charge is 0.201 e. The quantitative estimate of drug-likeness (QED) is 0.758. The minimum atomic E-state index is -0.257. The number of aromatic nitrogens is 2. The highest BCUT2D eigenvalue weighted by atomic mass is 19.1. The number of aryl methyl sites for hydroxylation is 1. The molecule has 20 heavy (non-hydrogen) atoms. The molecule has 0 fully saturated rings. The average Bonchev–Trinajstić information content (AvgIpc) is 2.80. The summed E-state index contributed by atoms with van der Waals surface area (Å²) in [7, 11) is 0. The summed E-state index contributed by atoms with van der Waals surface area (Å²) in [6, 6.07) is 13.0. The fourth-order valence-electron chi connectivity index (χ4n) is 2.26. The first-order valence-corrected chi connectivity index (χ1v) is 6.65. The van der Waals surface area contributed by atoms with Gasteiger partial charge < -0.3 is 10.3 Å². The number of anilines is 1. The molecule has 102 valence electrons. The number of rotatable bonds is 4. The van der Waals surface area contributed by atoms with E-state index in [9.17, 15) is 4.39 Å². The van der Waals surface area contributed by atoms with Crippen LogP contribution in [0.3, 0.4) is 0 Å².